The molecule has 2 N–H and O–H groups in total. The number of nitrogens with zero attached hydrogens (tertiary/aromatic N) is 3. The number of aromatic nitrogens is 3. The lowest BCUT2D eigenvalue weighted by molar-refractivity contribution is -0.137. The van der Waals surface area contributed by atoms with E-state index in [1.165, 1.54) is 31.0 Å². The first-order valence-corrected chi connectivity index (χ1v) is 10.8. The van der Waals surface area contributed by atoms with Crippen molar-refractivity contribution >= 4 is 23.1 Å². The molecule has 3 aromatic rings. The molecule has 4 rings (SSSR count). The molecule has 1 unspecified atom stereocenters. The molecule has 0 bridgehead atoms. The van der Waals surface area contributed by atoms with Crippen molar-refractivity contribution in [2.45, 2.75) is 38.4 Å². The number of rotatable bonds is 8. The van der Waals surface area contributed by atoms with E-state index in [1.54, 1.807) is 13.0 Å². The van der Waals surface area contributed by atoms with E-state index in [4.69, 9.17) is 0 Å². The van der Waals surface area contributed by atoms with Crippen molar-refractivity contribution in [1.29, 1.82) is 0 Å². The summed E-state index contributed by atoms with van der Waals surface area (Å²) in [5, 5.41) is 5.46. The van der Waals surface area contributed by atoms with Crippen LogP contribution in [-0.4, -0.2) is 26.6 Å². The van der Waals surface area contributed by atoms with Gasteiger partial charge in [0.2, 0.25) is 5.91 Å². The maximum absolute atomic E-state index is 13.3. The highest BCUT2D eigenvalue weighted by Gasteiger charge is 2.51. The topological polar surface area (TPSA) is 96.9 Å². The maximum atomic E-state index is 13.3. The summed E-state index contributed by atoms with van der Waals surface area (Å²) < 4.78 is 52.9. The van der Waals surface area contributed by atoms with Gasteiger partial charge in [0, 0.05) is 18.8 Å². The molecule has 7 nitrogen and oxygen atoms in total. The minimum absolute atomic E-state index is 0.0500. The number of pyridine rings is 1. The molecular formula is C24H21F4N5O2. The van der Waals surface area contributed by atoms with Gasteiger partial charge in [0.1, 0.15) is 12.1 Å². The first-order valence-electron chi connectivity index (χ1n) is 10.8. The van der Waals surface area contributed by atoms with Crippen LogP contribution in [0, 0.1) is 11.2 Å². The highest BCUT2D eigenvalue weighted by atomic mass is 19.4. The fourth-order valence-corrected chi connectivity index (χ4v) is 3.66. The molecule has 0 radical (unpaired) electrons. The van der Waals surface area contributed by atoms with Gasteiger partial charge in [-0.25, -0.2) is 14.4 Å². The Hall–Kier alpha value is -3.89. The molecule has 0 spiro atoms. The summed E-state index contributed by atoms with van der Waals surface area (Å²) in [6.45, 7) is 1.72. The summed E-state index contributed by atoms with van der Waals surface area (Å²) in [5.74, 6) is -1.47. The lowest BCUT2D eigenvalue weighted by atomic mass is 9.95. The van der Waals surface area contributed by atoms with E-state index in [0.717, 1.165) is 12.1 Å². The van der Waals surface area contributed by atoms with Crippen molar-refractivity contribution in [2.24, 2.45) is 5.41 Å². The van der Waals surface area contributed by atoms with Gasteiger partial charge in [0.25, 0.3) is 0 Å². The summed E-state index contributed by atoms with van der Waals surface area (Å²) in [6.07, 6.45) is 1.96. The molecule has 1 aliphatic carbocycles. The predicted molar refractivity (Wildman–Crippen MR) is 118 cm³/mol. The van der Waals surface area contributed by atoms with E-state index in [9.17, 15) is 27.2 Å². The first kappa shape index (κ1) is 24.2. The van der Waals surface area contributed by atoms with Crippen molar-refractivity contribution in [2.75, 3.05) is 5.32 Å². The van der Waals surface area contributed by atoms with Crippen LogP contribution in [0.3, 0.4) is 0 Å². The fraction of sp³-hybridized carbons (Fsp3) is 0.292. The van der Waals surface area contributed by atoms with E-state index < -0.39 is 29.0 Å². The Morgan fingerprint density at radius 2 is 1.80 bits per heavy atom. The lowest BCUT2D eigenvalue weighted by Crippen LogP contribution is -2.35. The summed E-state index contributed by atoms with van der Waals surface area (Å²) in [5.41, 5.74) is -1.12. The zero-order valence-corrected chi connectivity index (χ0v) is 18.6. The number of ketones is 1. The van der Waals surface area contributed by atoms with Gasteiger partial charge in [-0.1, -0.05) is 0 Å². The minimum atomic E-state index is -4.73. The Bertz CT molecular complexity index is 1230. The number of alkyl halides is 3. The van der Waals surface area contributed by atoms with Crippen LogP contribution in [0.5, 0.6) is 0 Å². The summed E-state index contributed by atoms with van der Waals surface area (Å²) in [7, 11) is 0. The molecule has 1 saturated carbocycles. The molecule has 11 heteroatoms. The van der Waals surface area contributed by atoms with Crippen LogP contribution in [0.4, 0.5) is 28.9 Å². The molecule has 0 saturated heterocycles. The molecular weight excluding hydrogens is 466 g/mol. The average molecular weight is 487 g/mol. The van der Waals surface area contributed by atoms with Crippen LogP contribution in [0.2, 0.25) is 0 Å². The molecule has 1 atom stereocenters. The Labute approximate surface area is 198 Å². The van der Waals surface area contributed by atoms with E-state index >= 15 is 0 Å². The number of carbonyl (C=O) groups excluding carboxylic acids is 2. The quantitative estimate of drug-likeness (QED) is 0.343. The van der Waals surface area contributed by atoms with E-state index in [1.807, 2.05) is 0 Å². The number of amides is 1. The fourth-order valence-electron chi connectivity index (χ4n) is 3.66. The van der Waals surface area contributed by atoms with Crippen LogP contribution in [0.1, 0.15) is 53.8 Å². The zero-order valence-electron chi connectivity index (χ0n) is 18.6. The van der Waals surface area contributed by atoms with Gasteiger partial charge in [0.15, 0.2) is 5.78 Å². The predicted octanol–water partition coefficient (Wildman–Crippen LogP) is 5.00. The Kier molecular flexibility index (Phi) is 6.51. The first-order chi connectivity index (χ1) is 16.6. The number of Topliss-reactive ketones (excluding diaryl/α,β-unsaturated/α-hetero) is 1. The monoisotopic (exact) mass is 487 g/mol. The number of anilines is 2. The van der Waals surface area contributed by atoms with E-state index in [-0.39, 0.29) is 29.5 Å². The second kappa shape index (κ2) is 9.40. The minimum Gasteiger partial charge on any atom is -0.354 e. The average Bonchev–Trinajstić information content (AvgIpc) is 3.61. The van der Waals surface area contributed by atoms with Gasteiger partial charge in [0.05, 0.1) is 45.8 Å². The molecule has 1 aromatic carbocycles. The third-order valence-corrected chi connectivity index (χ3v) is 5.86. The van der Waals surface area contributed by atoms with Crippen LogP contribution in [0.15, 0.2) is 55.2 Å². The number of carbonyl (C=O) groups is 2. The Morgan fingerprint density at radius 1 is 1.09 bits per heavy atom. The number of halogens is 4. The normalized spacial score (nSPS) is 15.2. The molecule has 35 heavy (non-hydrogen) atoms. The van der Waals surface area contributed by atoms with Crippen LogP contribution < -0.4 is 10.6 Å². The smallest absolute Gasteiger partial charge is 0.354 e. The second-order valence-electron chi connectivity index (χ2n) is 8.49. The third kappa shape index (κ3) is 5.61. The second-order valence-corrected chi connectivity index (χ2v) is 8.49. The highest BCUT2D eigenvalue weighted by Crippen LogP contribution is 2.50. The third-order valence-electron chi connectivity index (χ3n) is 5.86. The zero-order chi connectivity index (χ0) is 25.2. The molecule has 2 aromatic heterocycles. The number of benzene rings is 1. The largest absolute Gasteiger partial charge is 0.418 e. The van der Waals surface area contributed by atoms with Gasteiger partial charge < -0.3 is 10.6 Å². The van der Waals surface area contributed by atoms with E-state index in [0.29, 0.717) is 30.2 Å². The van der Waals surface area contributed by atoms with Crippen molar-refractivity contribution in [3.63, 3.8) is 0 Å². The highest BCUT2D eigenvalue weighted by molar-refractivity contribution is 6.00. The van der Waals surface area contributed by atoms with Gasteiger partial charge in [-0.05, 0) is 50.1 Å². The van der Waals surface area contributed by atoms with Gasteiger partial charge in [-0.3, -0.25) is 14.6 Å². The van der Waals surface area contributed by atoms with Gasteiger partial charge in [-0.2, -0.15) is 13.2 Å². The van der Waals surface area contributed by atoms with Crippen LogP contribution in [-0.2, 0) is 11.0 Å². The number of hydrogen-bond acceptors (Lipinski definition) is 6. The van der Waals surface area contributed by atoms with Gasteiger partial charge in [-0.15, -0.1) is 0 Å². The maximum Gasteiger partial charge on any atom is 0.418 e. The summed E-state index contributed by atoms with van der Waals surface area (Å²) in [4.78, 5) is 37.2. The van der Waals surface area contributed by atoms with E-state index in [2.05, 4.69) is 25.6 Å². The molecule has 1 amide bonds. The molecule has 182 valence electrons. The SMILES string of the molecule is CC(NC(=O)C1(CC(=O)c2cncnc2)CC1)c1ccc(Nc2ccc(F)cc2C(F)(F)F)cn1. The van der Waals surface area contributed by atoms with Crippen LogP contribution >= 0.6 is 0 Å². The molecule has 1 aliphatic rings. The number of hydrogen-bond donors (Lipinski definition) is 2. The molecule has 1 fully saturated rings. The number of nitrogens with one attached hydrogen (secondary N) is 2. The van der Waals surface area contributed by atoms with Gasteiger partial charge >= 0.3 is 6.18 Å². The Morgan fingerprint density at radius 3 is 2.40 bits per heavy atom. The molecule has 2 heterocycles. The summed E-state index contributed by atoms with van der Waals surface area (Å²) >= 11 is 0. The Balaban J connectivity index is 1.39. The van der Waals surface area contributed by atoms with Crippen molar-refractivity contribution < 1.29 is 27.2 Å². The van der Waals surface area contributed by atoms with Crippen molar-refractivity contribution in [3.05, 3.63) is 77.9 Å². The standard InChI is InChI=1S/C24H21F4N5O2/c1-14(32-22(35)23(6-7-23)9-21(34)15-10-29-13-30-11-15)19-5-3-17(12-31-19)33-20-4-2-16(25)8-18(20)24(26,27)28/h2-5,8,10-14,33H,6-7,9H2,1H3,(H,32,35). The summed E-state index contributed by atoms with van der Waals surface area (Å²) in [6, 6.07) is 4.94. The lowest BCUT2D eigenvalue weighted by Gasteiger charge is -2.19. The molecule has 0 aliphatic heterocycles. The van der Waals surface area contributed by atoms with Crippen LogP contribution in [0.25, 0.3) is 0 Å². The van der Waals surface area contributed by atoms with Crippen molar-refractivity contribution in [3.8, 4) is 0 Å². The van der Waals surface area contributed by atoms with Crippen molar-refractivity contribution in [1.82, 2.24) is 20.3 Å².